The quantitative estimate of drug-likeness (QED) is 0.808. The highest BCUT2D eigenvalue weighted by Crippen LogP contribution is 2.26. The molecular weight excluding hydrogens is 287 g/mol. The molecule has 1 aromatic rings. The third kappa shape index (κ3) is 2.80. The Kier molecular flexibility index (Phi) is 3.70. The number of aromatic nitrogens is 2. The van der Waals surface area contributed by atoms with Crippen molar-refractivity contribution in [2.45, 2.75) is 6.04 Å². The molecule has 0 aromatic carbocycles. The Morgan fingerprint density at radius 1 is 1.47 bits per heavy atom. The molecule has 1 atom stereocenters. The number of nitrogens with one attached hydrogen (secondary N) is 2. The van der Waals surface area contributed by atoms with Crippen molar-refractivity contribution < 1.29 is 9.59 Å². The van der Waals surface area contributed by atoms with Crippen molar-refractivity contribution in [2.24, 2.45) is 0 Å². The molecule has 1 fully saturated rings. The van der Waals surface area contributed by atoms with Gasteiger partial charge in [-0.2, -0.15) is 0 Å². The molecule has 9 heteroatoms. The van der Waals surface area contributed by atoms with Crippen LogP contribution in [0.15, 0.2) is 6.33 Å². The second kappa shape index (κ2) is 5.07. The van der Waals surface area contributed by atoms with Gasteiger partial charge in [-0.25, -0.2) is 9.97 Å². The van der Waals surface area contributed by atoms with Gasteiger partial charge in [-0.1, -0.05) is 35.0 Å². The lowest BCUT2D eigenvalue weighted by Crippen LogP contribution is -2.38. The van der Waals surface area contributed by atoms with Gasteiger partial charge in [0.15, 0.2) is 10.3 Å². The number of thioether (sulfide) groups is 1. The van der Waals surface area contributed by atoms with Gasteiger partial charge >= 0.3 is 0 Å². The fourth-order valence-electron chi connectivity index (χ4n) is 1.18. The molecule has 1 aromatic heterocycles. The molecule has 2 amide bonds. The zero-order valence-corrected chi connectivity index (χ0v) is 10.6. The molecule has 0 aliphatic carbocycles. The first-order valence-electron chi connectivity index (χ1n) is 4.48. The van der Waals surface area contributed by atoms with Crippen LogP contribution in [0.1, 0.15) is 0 Å². The van der Waals surface area contributed by atoms with E-state index in [1.807, 2.05) is 0 Å². The molecule has 6 nitrogen and oxygen atoms in total. The van der Waals surface area contributed by atoms with Crippen molar-refractivity contribution in [3.05, 3.63) is 16.6 Å². The van der Waals surface area contributed by atoms with Crippen molar-refractivity contribution in [2.75, 3.05) is 11.1 Å². The summed E-state index contributed by atoms with van der Waals surface area (Å²) in [5, 5.41) is 4.86. The number of nitrogens with zero attached hydrogens (tertiary/aromatic N) is 2. The number of rotatable bonds is 2. The summed E-state index contributed by atoms with van der Waals surface area (Å²) in [4.78, 5) is 30.1. The highest BCUT2D eigenvalue weighted by molar-refractivity contribution is 8.14. The average Bonchev–Trinajstić information content (AvgIpc) is 2.70. The number of hydrogen-bond acceptors (Lipinski definition) is 5. The lowest BCUT2D eigenvalue weighted by molar-refractivity contribution is -0.117. The van der Waals surface area contributed by atoms with Crippen LogP contribution < -0.4 is 10.6 Å². The van der Waals surface area contributed by atoms with Crippen molar-refractivity contribution in [3.8, 4) is 0 Å². The number of hydrogen-bond donors (Lipinski definition) is 2. The smallest absolute Gasteiger partial charge is 0.279 e. The van der Waals surface area contributed by atoms with E-state index in [0.29, 0.717) is 5.75 Å². The number of carbonyl (C=O) groups is 2. The van der Waals surface area contributed by atoms with Crippen molar-refractivity contribution in [3.63, 3.8) is 0 Å². The Morgan fingerprint density at radius 2 is 2.12 bits per heavy atom. The third-order valence-corrected chi connectivity index (χ3v) is 3.45. The van der Waals surface area contributed by atoms with E-state index in [2.05, 4.69) is 20.6 Å². The first-order valence-corrected chi connectivity index (χ1v) is 6.22. The molecule has 0 bridgehead atoms. The second-order valence-electron chi connectivity index (χ2n) is 3.11. The van der Waals surface area contributed by atoms with E-state index in [1.165, 1.54) is 6.33 Å². The van der Waals surface area contributed by atoms with E-state index < -0.39 is 11.9 Å². The summed E-state index contributed by atoms with van der Waals surface area (Å²) in [5.41, 5.74) is 0.145. The van der Waals surface area contributed by atoms with Crippen LogP contribution in [-0.2, 0) is 4.79 Å². The van der Waals surface area contributed by atoms with Gasteiger partial charge in [0.25, 0.3) is 5.24 Å². The molecule has 2 heterocycles. The normalized spacial score (nSPS) is 18.9. The molecule has 2 rings (SSSR count). The summed E-state index contributed by atoms with van der Waals surface area (Å²) in [6.45, 7) is 0. The maximum atomic E-state index is 11.8. The minimum atomic E-state index is -0.597. The van der Waals surface area contributed by atoms with Crippen LogP contribution >= 0.6 is 35.0 Å². The van der Waals surface area contributed by atoms with Crippen LogP contribution in [0.3, 0.4) is 0 Å². The minimum Gasteiger partial charge on any atom is -0.334 e. The molecule has 1 saturated heterocycles. The molecule has 1 aliphatic rings. The van der Waals surface area contributed by atoms with E-state index in [9.17, 15) is 9.59 Å². The fourth-order valence-corrected chi connectivity index (χ4v) is 2.37. The molecule has 0 saturated carbocycles. The van der Waals surface area contributed by atoms with Gasteiger partial charge in [0.05, 0.1) is 0 Å². The molecular formula is C8H6Cl2N4O2S. The highest BCUT2D eigenvalue weighted by atomic mass is 35.5. The fraction of sp³-hybridized carbons (Fsp3) is 0.250. The van der Waals surface area contributed by atoms with Crippen molar-refractivity contribution >= 4 is 51.8 Å². The Balaban J connectivity index is 2.11. The van der Waals surface area contributed by atoms with Gasteiger partial charge < -0.3 is 10.6 Å². The molecule has 0 spiro atoms. The zero-order chi connectivity index (χ0) is 12.4. The average molecular weight is 293 g/mol. The van der Waals surface area contributed by atoms with E-state index in [-0.39, 0.29) is 21.2 Å². The minimum absolute atomic E-state index is 0.0512. The zero-order valence-electron chi connectivity index (χ0n) is 8.24. The number of carbonyl (C=O) groups excluding carboxylic acids is 2. The lowest BCUT2D eigenvalue weighted by atomic mass is 10.3. The molecule has 1 unspecified atom stereocenters. The summed E-state index contributed by atoms with van der Waals surface area (Å²) in [6, 6.07) is -0.597. The summed E-state index contributed by atoms with van der Waals surface area (Å²) < 4.78 is 0. The highest BCUT2D eigenvalue weighted by Gasteiger charge is 2.28. The monoisotopic (exact) mass is 292 g/mol. The number of amides is 2. The van der Waals surface area contributed by atoms with Gasteiger partial charge in [-0.15, -0.1) is 0 Å². The van der Waals surface area contributed by atoms with Gasteiger partial charge in [0, 0.05) is 5.75 Å². The molecule has 0 radical (unpaired) electrons. The molecule has 1 aliphatic heterocycles. The van der Waals surface area contributed by atoms with E-state index in [4.69, 9.17) is 23.2 Å². The summed E-state index contributed by atoms with van der Waals surface area (Å²) in [7, 11) is 0. The van der Waals surface area contributed by atoms with Crippen molar-refractivity contribution in [1.29, 1.82) is 0 Å². The Bertz CT molecular complexity index is 464. The Labute approximate surface area is 110 Å². The number of anilines is 1. The van der Waals surface area contributed by atoms with E-state index in [1.54, 1.807) is 0 Å². The third-order valence-electron chi connectivity index (χ3n) is 1.99. The van der Waals surface area contributed by atoms with E-state index >= 15 is 0 Å². The Hall–Kier alpha value is -1.05. The predicted molar refractivity (Wildman–Crippen MR) is 65.5 cm³/mol. The van der Waals surface area contributed by atoms with Crippen LogP contribution in [0.25, 0.3) is 0 Å². The van der Waals surface area contributed by atoms with Gasteiger partial charge in [0.1, 0.15) is 18.1 Å². The summed E-state index contributed by atoms with van der Waals surface area (Å²) >= 11 is 12.6. The SMILES string of the molecule is O=C1NC(C(=O)Nc2c(Cl)ncnc2Cl)CS1. The second-order valence-corrected chi connectivity index (χ2v) is 4.82. The largest absolute Gasteiger partial charge is 0.334 e. The summed E-state index contributed by atoms with van der Waals surface area (Å²) in [5.74, 6) is -0.0323. The molecule has 90 valence electrons. The molecule has 2 N–H and O–H groups in total. The first-order chi connectivity index (χ1) is 8.08. The lowest BCUT2D eigenvalue weighted by Gasteiger charge is -2.11. The molecule has 17 heavy (non-hydrogen) atoms. The van der Waals surface area contributed by atoms with Gasteiger partial charge in [0.2, 0.25) is 5.91 Å². The van der Waals surface area contributed by atoms with Crippen LogP contribution in [0, 0.1) is 0 Å². The maximum Gasteiger partial charge on any atom is 0.279 e. The topological polar surface area (TPSA) is 84.0 Å². The van der Waals surface area contributed by atoms with Crippen molar-refractivity contribution in [1.82, 2.24) is 15.3 Å². The van der Waals surface area contributed by atoms with Gasteiger partial charge in [-0.05, 0) is 0 Å². The van der Waals surface area contributed by atoms with E-state index in [0.717, 1.165) is 11.8 Å². The van der Waals surface area contributed by atoms with Crippen LogP contribution in [0.4, 0.5) is 10.5 Å². The van der Waals surface area contributed by atoms with Crippen LogP contribution in [-0.4, -0.2) is 32.9 Å². The van der Waals surface area contributed by atoms with Crippen LogP contribution in [0.5, 0.6) is 0 Å². The summed E-state index contributed by atoms with van der Waals surface area (Å²) in [6.07, 6.45) is 1.19. The van der Waals surface area contributed by atoms with Gasteiger partial charge in [-0.3, -0.25) is 9.59 Å². The Morgan fingerprint density at radius 3 is 2.65 bits per heavy atom. The predicted octanol–water partition coefficient (Wildman–Crippen LogP) is 1.55. The standard InChI is InChI=1S/C8H6Cl2N4O2S/c9-5-4(6(10)12-2-11-5)14-7(15)3-1-17-8(16)13-3/h2-3H,1H2,(H,13,16)(H,14,15). The first kappa shape index (κ1) is 12.4. The number of halogens is 2. The van der Waals surface area contributed by atoms with Crippen LogP contribution in [0.2, 0.25) is 10.3 Å². The maximum absolute atomic E-state index is 11.8.